The van der Waals surface area contributed by atoms with Crippen LogP contribution in [0.5, 0.6) is 0 Å². The predicted octanol–water partition coefficient (Wildman–Crippen LogP) is 4.11. The number of carbonyl (C=O) groups excluding carboxylic acids is 1. The van der Waals surface area contributed by atoms with E-state index in [9.17, 15) is 4.79 Å². The molecule has 0 unspecified atom stereocenters. The van der Waals surface area contributed by atoms with Crippen LogP contribution in [0.3, 0.4) is 0 Å². The highest BCUT2D eigenvalue weighted by Crippen LogP contribution is 2.23. The Bertz CT molecular complexity index is 696. The number of benzene rings is 2. The summed E-state index contributed by atoms with van der Waals surface area (Å²) in [5.74, 6) is 0. The summed E-state index contributed by atoms with van der Waals surface area (Å²) < 4.78 is 0.895. The van der Waals surface area contributed by atoms with Crippen molar-refractivity contribution in [3.63, 3.8) is 0 Å². The standard InChI is InChI=1S/C18H20BrN3O/c1-14-6-2-5-9-17(14)21-10-12-22(13-11-21)18(23)20-16-8-4-3-7-15(16)19/h2-9H,10-13H2,1H3,(H,20,23). The van der Waals surface area contributed by atoms with E-state index in [2.05, 4.69) is 57.3 Å². The molecule has 2 amide bonds. The summed E-state index contributed by atoms with van der Waals surface area (Å²) in [5.41, 5.74) is 3.34. The van der Waals surface area contributed by atoms with Crippen LogP contribution in [0.4, 0.5) is 16.2 Å². The van der Waals surface area contributed by atoms with Gasteiger partial charge in [0.05, 0.1) is 5.69 Å². The van der Waals surface area contributed by atoms with Gasteiger partial charge in [-0.3, -0.25) is 0 Å². The van der Waals surface area contributed by atoms with Gasteiger partial charge in [-0.05, 0) is 46.6 Å². The van der Waals surface area contributed by atoms with Crippen molar-refractivity contribution in [2.24, 2.45) is 0 Å². The maximum absolute atomic E-state index is 12.4. The van der Waals surface area contributed by atoms with Gasteiger partial charge in [-0.15, -0.1) is 0 Å². The number of carbonyl (C=O) groups is 1. The second-order valence-corrected chi connectivity index (χ2v) is 6.52. The van der Waals surface area contributed by atoms with E-state index in [1.807, 2.05) is 29.2 Å². The van der Waals surface area contributed by atoms with Crippen LogP contribution in [-0.2, 0) is 0 Å². The first kappa shape index (κ1) is 15.9. The summed E-state index contributed by atoms with van der Waals surface area (Å²) in [7, 11) is 0. The maximum Gasteiger partial charge on any atom is 0.321 e. The number of hydrogen-bond donors (Lipinski definition) is 1. The number of anilines is 2. The van der Waals surface area contributed by atoms with E-state index in [0.717, 1.165) is 36.3 Å². The zero-order valence-corrected chi connectivity index (χ0v) is 14.7. The van der Waals surface area contributed by atoms with Crippen LogP contribution in [0.1, 0.15) is 5.56 Å². The van der Waals surface area contributed by atoms with E-state index < -0.39 is 0 Å². The highest BCUT2D eigenvalue weighted by molar-refractivity contribution is 9.10. The molecular formula is C18H20BrN3O. The van der Waals surface area contributed by atoms with Crippen molar-refractivity contribution >= 4 is 33.3 Å². The number of urea groups is 1. The summed E-state index contributed by atoms with van der Waals surface area (Å²) >= 11 is 3.46. The summed E-state index contributed by atoms with van der Waals surface area (Å²) in [6, 6.07) is 16.0. The second kappa shape index (κ2) is 7.04. The monoisotopic (exact) mass is 373 g/mol. The van der Waals surface area contributed by atoms with Crippen LogP contribution >= 0.6 is 15.9 Å². The highest BCUT2D eigenvalue weighted by Gasteiger charge is 2.22. The molecule has 1 N–H and O–H groups in total. The van der Waals surface area contributed by atoms with Crippen LogP contribution in [0.2, 0.25) is 0 Å². The minimum atomic E-state index is -0.0404. The zero-order valence-electron chi connectivity index (χ0n) is 13.1. The third kappa shape index (κ3) is 3.67. The molecule has 2 aromatic carbocycles. The molecule has 1 heterocycles. The summed E-state index contributed by atoms with van der Waals surface area (Å²) in [4.78, 5) is 16.6. The fourth-order valence-corrected chi connectivity index (χ4v) is 3.21. The quantitative estimate of drug-likeness (QED) is 0.859. The number of nitrogens with zero attached hydrogens (tertiary/aromatic N) is 2. The van der Waals surface area contributed by atoms with Gasteiger partial charge in [0.15, 0.2) is 0 Å². The molecule has 3 rings (SSSR count). The average molecular weight is 374 g/mol. The summed E-state index contributed by atoms with van der Waals surface area (Å²) in [5, 5.41) is 2.97. The largest absolute Gasteiger partial charge is 0.368 e. The van der Waals surface area contributed by atoms with Gasteiger partial charge in [0.2, 0.25) is 0 Å². The molecule has 2 aromatic rings. The third-order valence-corrected chi connectivity index (χ3v) is 4.83. The van der Waals surface area contributed by atoms with Crippen molar-refractivity contribution in [1.29, 1.82) is 0 Å². The number of amides is 2. The predicted molar refractivity (Wildman–Crippen MR) is 98.1 cm³/mol. The molecule has 23 heavy (non-hydrogen) atoms. The first-order valence-corrected chi connectivity index (χ1v) is 8.55. The fourth-order valence-electron chi connectivity index (χ4n) is 2.83. The molecule has 4 nitrogen and oxygen atoms in total. The van der Waals surface area contributed by atoms with Crippen molar-refractivity contribution in [1.82, 2.24) is 4.90 Å². The van der Waals surface area contributed by atoms with E-state index in [4.69, 9.17) is 0 Å². The Kier molecular flexibility index (Phi) is 4.86. The molecule has 1 aliphatic rings. The van der Waals surface area contributed by atoms with Gasteiger partial charge in [0.25, 0.3) is 0 Å². The first-order valence-electron chi connectivity index (χ1n) is 7.76. The molecule has 120 valence electrons. The minimum Gasteiger partial charge on any atom is -0.368 e. The van der Waals surface area contributed by atoms with Gasteiger partial charge >= 0.3 is 6.03 Å². The Morgan fingerprint density at radius 1 is 1.00 bits per heavy atom. The SMILES string of the molecule is Cc1ccccc1N1CCN(C(=O)Nc2ccccc2Br)CC1. The smallest absolute Gasteiger partial charge is 0.321 e. The zero-order chi connectivity index (χ0) is 16.2. The Balaban J connectivity index is 1.60. The van der Waals surface area contributed by atoms with Crippen molar-refractivity contribution in [3.8, 4) is 0 Å². The lowest BCUT2D eigenvalue weighted by molar-refractivity contribution is 0.208. The number of hydrogen-bond acceptors (Lipinski definition) is 2. The van der Waals surface area contributed by atoms with Gasteiger partial charge in [0.1, 0.15) is 0 Å². The van der Waals surface area contributed by atoms with E-state index in [0.29, 0.717) is 0 Å². The highest BCUT2D eigenvalue weighted by atomic mass is 79.9. The van der Waals surface area contributed by atoms with Gasteiger partial charge < -0.3 is 15.1 Å². The number of aryl methyl sites for hydroxylation is 1. The lowest BCUT2D eigenvalue weighted by atomic mass is 10.1. The summed E-state index contributed by atoms with van der Waals surface area (Å²) in [6.07, 6.45) is 0. The molecule has 1 fully saturated rings. The fraction of sp³-hybridized carbons (Fsp3) is 0.278. The number of piperazine rings is 1. The molecular weight excluding hydrogens is 354 g/mol. The average Bonchev–Trinajstić information content (AvgIpc) is 2.57. The van der Waals surface area contributed by atoms with E-state index in [-0.39, 0.29) is 6.03 Å². The van der Waals surface area contributed by atoms with E-state index in [1.54, 1.807) is 0 Å². The lowest BCUT2D eigenvalue weighted by Crippen LogP contribution is -2.50. The molecule has 0 aromatic heterocycles. The molecule has 1 aliphatic heterocycles. The Morgan fingerprint density at radius 2 is 1.65 bits per heavy atom. The van der Waals surface area contributed by atoms with Gasteiger partial charge in [-0.1, -0.05) is 30.3 Å². The minimum absolute atomic E-state index is 0.0404. The Morgan fingerprint density at radius 3 is 2.35 bits per heavy atom. The van der Waals surface area contributed by atoms with Gasteiger partial charge in [-0.25, -0.2) is 4.79 Å². The third-order valence-electron chi connectivity index (χ3n) is 4.14. The topological polar surface area (TPSA) is 35.6 Å². The van der Waals surface area contributed by atoms with Crippen molar-refractivity contribution in [3.05, 3.63) is 58.6 Å². The van der Waals surface area contributed by atoms with Crippen molar-refractivity contribution in [2.75, 3.05) is 36.4 Å². The normalized spacial score (nSPS) is 14.7. The molecule has 0 saturated carbocycles. The van der Waals surface area contributed by atoms with Gasteiger partial charge in [0, 0.05) is 36.3 Å². The molecule has 0 bridgehead atoms. The van der Waals surface area contributed by atoms with Crippen molar-refractivity contribution in [2.45, 2.75) is 6.92 Å². The molecule has 5 heteroatoms. The van der Waals surface area contributed by atoms with Gasteiger partial charge in [-0.2, -0.15) is 0 Å². The van der Waals surface area contributed by atoms with Crippen LogP contribution in [-0.4, -0.2) is 37.1 Å². The molecule has 0 atom stereocenters. The molecule has 1 saturated heterocycles. The number of para-hydroxylation sites is 2. The summed E-state index contributed by atoms with van der Waals surface area (Å²) in [6.45, 7) is 5.29. The van der Waals surface area contributed by atoms with E-state index in [1.165, 1.54) is 11.3 Å². The number of halogens is 1. The van der Waals surface area contributed by atoms with Crippen molar-refractivity contribution < 1.29 is 4.79 Å². The first-order chi connectivity index (χ1) is 11.1. The molecule has 0 radical (unpaired) electrons. The van der Waals surface area contributed by atoms with Crippen LogP contribution in [0, 0.1) is 6.92 Å². The van der Waals surface area contributed by atoms with Crippen LogP contribution in [0.25, 0.3) is 0 Å². The number of nitrogens with one attached hydrogen (secondary N) is 1. The lowest BCUT2D eigenvalue weighted by Gasteiger charge is -2.36. The maximum atomic E-state index is 12.4. The van der Waals surface area contributed by atoms with Crippen LogP contribution in [0.15, 0.2) is 53.0 Å². The number of rotatable bonds is 2. The molecule has 0 aliphatic carbocycles. The Labute approximate surface area is 145 Å². The Hall–Kier alpha value is -2.01. The molecule has 0 spiro atoms. The van der Waals surface area contributed by atoms with E-state index >= 15 is 0 Å². The second-order valence-electron chi connectivity index (χ2n) is 5.67. The van der Waals surface area contributed by atoms with Crippen LogP contribution < -0.4 is 10.2 Å².